The van der Waals surface area contributed by atoms with Crippen molar-refractivity contribution in [1.29, 1.82) is 0 Å². The van der Waals surface area contributed by atoms with Gasteiger partial charge < -0.3 is 15.6 Å². The quantitative estimate of drug-likeness (QED) is 0.854. The monoisotopic (exact) mass is 304 g/mol. The summed E-state index contributed by atoms with van der Waals surface area (Å²) in [4.78, 5) is 16.7. The number of fused-ring (bicyclic) bond motifs is 1. The van der Waals surface area contributed by atoms with E-state index in [-0.39, 0.29) is 5.91 Å². The molecule has 0 aliphatic rings. The van der Waals surface area contributed by atoms with Gasteiger partial charge in [0.1, 0.15) is 0 Å². The average molecular weight is 304 g/mol. The first-order valence-corrected chi connectivity index (χ1v) is 7.65. The summed E-state index contributed by atoms with van der Waals surface area (Å²) in [6, 6.07) is 1.78. The second kappa shape index (κ2) is 6.44. The number of nitrogens with zero attached hydrogens (tertiary/aromatic N) is 2. The Morgan fingerprint density at radius 1 is 1.50 bits per heavy atom. The maximum atomic E-state index is 12.5. The van der Waals surface area contributed by atoms with Crippen molar-refractivity contribution in [2.75, 3.05) is 6.54 Å². The van der Waals surface area contributed by atoms with Crippen LogP contribution in [0.1, 0.15) is 50.2 Å². The molecular formula is C16H24N4O2. The molecule has 0 aliphatic heterocycles. The number of aryl methyl sites for hydroxylation is 1. The lowest BCUT2D eigenvalue weighted by Gasteiger charge is -2.31. The number of hydrogen-bond donors (Lipinski definition) is 2. The number of nitrogens with one attached hydrogen (secondary N) is 1. The van der Waals surface area contributed by atoms with Crippen LogP contribution in [0.2, 0.25) is 0 Å². The van der Waals surface area contributed by atoms with Gasteiger partial charge in [0.25, 0.3) is 11.6 Å². The molecule has 22 heavy (non-hydrogen) atoms. The number of rotatable bonds is 6. The Kier molecular flexibility index (Phi) is 4.81. The van der Waals surface area contributed by atoms with Gasteiger partial charge in [-0.25, -0.2) is 4.98 Å². The molecule has 6 heteroatoms. The molecule has 120 valence electrons. The Labute approximate surface area is 130 Å². The Morgan fingerprint density at radius 3 is 2.82 bits per heavy atom. The molecule has 0 radical (unpaired) electrons. The zero-order valence-corrected chi connectivity index (χ0v) is 13.6. The molecule has 2 heterocycles. The Hall–Kier alpha value is -1.95. The lowest BCUT2D eigenvalue weighted by Crippen LogP contribution is -2.52. The summed E-state index contributed by atoms with van der Waals surface area (Å²) in [7, 11) is 0. The molecule has 0 fully saturated rings. The normalized spacial score (nSPS) is 14.3. The van der Waals surface area contributed by atoms with Crippen molar-refractivity contribution in [3.05, 3.63) is 23.5 Å². The molecule has 1 atom stereocenters. The van der Waals surface area contributed by atoms with Gasteiger partial charge in [0.15, 0.2) is 0 Å². The third-order valence-corrected chi connectivity index (χ3v) is 3.73. The van der Waals surface area contributed by atoms with Crippen molar-refractivity contribution in [2.24, 2.45) is 11.7 Å². The van der Waals surface area contributed by atoms with E-state index in [0.29, 0.717) is 23.7 Å². The summed E-state index contributed by atoms with van der Waals surface area (Å²) >= 11 is 0. The summed E-state index contributed by atoms with van der Waals surface area (Å²) in [5, 5.41) is 7.77. The van der Waals surface area contributed by atoms with E-state index in [4.69, 9.17) is 10.3 Å². The maximum Gasteiger partial charge on any atom is 0.257 e. The summed E-state index contributed by atoms with van der Waals surface area (Å²) in [5.41, 5.74) is 7.17. The minimum atomic E-state index is -0.428. The van der Waals surface area contributed by atoms with Gasteiger partial charge in [0, 0.05) is 18.3 Å². The number of carbonyl (C=O) groups excluding carboxylic acids is 1. The highest BCUT2D eigenvalue weighted by Gasteiger charge is 2.26. The molecule has 0 saturated heterocycles. The highest BCUT2D eigenvalue weighted by Crippen LogP contribution is 2.20. The Balaban J connectivity index is 2.25. The smallest absolute Gasteiger partial charge is 0.257 e. The van der Waals surface area contributed by atoms with Crippen LogP contribution in [0, 0.1) is 5.92 Å². The Bertz CT molecular complexity index is 665. The van der Waals surface area contributed by atoms with Gasteiger partial charge in [-0.3, -0.25) is 4.79 Å². The fourth-order valence-corrected chi connectivity index (χ4v) is 2.69. The second-order valence-corrected chi connectivity index (χ2v) is 6.38. The van der Waals surface area contributed by atoms with Gasteiger partial charge in [-0.15, -0.1) is 0 Å². The standard InChI is InChI=1S/C16H24N4O2/c1-5-13-12-6-11(8-18-15(12)22-20-13)14(21)19-16(4,9-17)7-10(2)3/h6,8,10H,5,7,9,17H2,1-4H3,(H,19,21). The van der Waals surface area contributed by atoms with Gasteiger partial charge in [-0.1, -0.05) is 25.9 Å². The number of aromatic nitrogens is 2. The van der Waals surface area contributed by atoms with Gasteiger partial charge in [0.05, 0.1) is 16.6 Å². The van der Waals surface area contributed by atoms with Crippen molar-refractivity contribution < 1.29 is 9.32 Å². The molecule has 2 aromatic heterocycles. The van der Waals surface area contributed by atoms with Crippen LogP contribution in [0.15, 0.2) is 16.8 Å². The first-order valence-electron chi connectivity index (χ1n) is 7.65. The molecule has 0 spiro atoms. The van der Waals surface area contributed by atoms with Crippen molar-refractivity contribution in [1.82, 2.24) is 15.5 Å². The third-order valence-electron chi connectivity index (χ3n) is 3.73. The van der Waals surface area contributed by atoms with Crippen LogP contribution in [-0.2, 0) is 6.42 Å². The molecule has 0 aromatic carbocycles. The van der Waals surface area contributed by atoms with Gasteiger partial charge >= 0.3 is 0 Å². The first-order chi connectivity index (χ1) is 10.4. The molecule has 2 rings (SSSR count). The molecule has 2 aromatic rings. The number of nitrogens with two attached hydrogens (primary N) is 1. The van der Waals surface area contributed by atoms with Gasteiger partial charge in [-0.05, 0) is 31.7 Å². The van der Waals surface area contributed by atoms with Crippen LogP contribution >= 0.6 is 0 Å². The highest BCUT2D eigenvalue weighted by atomic mass is 16.5. The predicted molar refractivity (Wildman–Crippen MR) is 85.6 cm³/mol. The SMILES string of the molecule is CCc1noc2ncc(C(=O)NC(C)(CN)CC(C)C)cc12. The van der Waals surface area contributed by atoms with E-state index in [1.807, 2.05) is 13.8 Å². The van der Waals surface area contributed by atoms with Gasteiger partial charge in [-0.2, -0.15) is 0 Å². The third kappa shape index (κ3) is 3.44. The predicted octanol–water partition coefficient (Wildman–Crippen LogP) is 2.28. The first kappa shape index (κ1) is 16.4. The summed E-state index contributed by atoms with van der Waals surface area (Å²) in [5.74, 6) is 0.269. The molecule has 3 N–H and O–H groups in total. The number of carbonyl (C=O) groups is 1. The van der Waals surface area contributed by atoms with Gasteiger partial charge in [0.2, 0.25) is 0 Å². The maximum absolute atomic E-state index is 12.5. The lowest BCUT2D eigenvalue weighted by molar-refractivity contribution is 0.0898. The number of amides is 1. The van der Waals surface area contributed by atoms with Crippen LogP contribution in [0.25, 0.3) is 11.1 Å². The second-order valence-electron chi connectivity index (χ2n) is 6.38. The zero-order valence-electron chi connectivity index (χ0n) is 13.6. The fourth-order valence-electron chi connectivity index (χ4n) is 2.69. The summed E-state index contributed by atoms with van der Waals surface area (Å²) in [6.45, 7) is 8.56. The molecule has 0 aliphatic carbocycles. The zero-order chi connectivity index (χ0) is 16.3. The van der Waals surface area contributed by atoms with E-state index in [1.54, 1.807) is 6.07 Å². The van der Waals surface area contributed by atoms with E-state index in [1.165, 1.54) is 6.20 Å². The lowest BCUT2D eigenvalue weighted by atomic mass is 9.90. The van der Waals surface area contributed by atoms with E-state index in [0.717, 1.165) is 23.9 Å². The van der Waals surface area contributed by atoms with Crippen LogP contribution in [-0.4, -0.2) is 28.1 Å². The fraction of sp³-hybridized carbons (Fsp3) is 0.562. The summed E-state index contributed by atoms with van der Waals surface area (Å²) in [6.07, 6.45) is 3.06. The molecule has 1 unspecified atom stereocenters. The van der Waals surface area contributed by atoms with E-state index >= 15 is 0 Å². The summed E-state index contributed by atoms with van der Waals surface area (Å²) < 4.78 is 5.14. The van der Waals surface area contributed by atoms with Crippen molar-refractivity contribution in [2.45, 2.75) is 46.1 Å². The largest absolute Gasteiger partial charge is 0.346 e. The van der Waals surface area contributed by atoms with E-state index in [9.17, 15) is 4.79 Å². The Morgan fingerprint density at radius 2 is 2.23 bits per heavy atom. The van der Waals surface area contributed by atoms with Crippen LogP contribution in [0.5, 0.6) is 0 Å². The molecule has 0 saturated carbocycles. The van der Waals surface area contributed by atoms with Crippen molar-refractivity contribution >= 4 is 17.0 Å². The van der Waals surface area contributed by atoms with Crippen LogP contribution < -0.4 is 11.1 Å². The minimum absolute atomic E-state index is 0.175. The minimum Gasteiger partial charge on any atom is -0.346 e. The van der Waals surface area contributed by atoms with E-state index < -0.39 is 5.54 Å². The van der Waals surface area contributed by atoms with Crippen LogP contribution in [0.4, 0.5) is 0 Å². The van der Waals surface area contributed by atoms with Crippen LogP contribution in [0.3, 0.4) is 0 Å². The molecular weight excluding hydrogens is 280 g/mol. The average Bonchev–Trinajstić information content (AvgIpc) is 2.88. The number of hydrogen-bond acceptors (Lipinski definition) is 5. The van der Waals surface area contributed by atoms with Crippen molar-refractivity contribution in [3.8, 4) is 0 Å². The van der Waals surface area contributed by atoms with Crippen molar-refractivity contribution in [3.63, 3.8) is 0 Å². The topological polar surface area (TPSA) is 94.0 Å². The number of pyridine rings is 1. The van der Waals surface area contributed by atoms with E-state index in [2.05, 4.69) is 29.3 Å². The molecule has 0 bridgehead atoms. The highest BCUT2D eigenvalue weighted by molar-refractivity contribution is 5.97. The molecule has 1 amide bonds. The molecule has 6 nitrogen and oxygen atoms in total.